The Kier molecular flexibility index (Phi) is 7.59. The number of aryl methyl sites for hydroxylation is 2. The molecule has 0 amide bonds. The van der Waals surface area contributed by atoms with E-state index in [4.69, 9.17) is 0 Å². The van der Waals surface area contributed by atoms with Crippen LogP contribution >= 0.6 is 0 Å². The minimum atomic E-state index is -1.83. The summed E-state index contributed by atoms with van der Waals surface area (Å²) in [6.07, 6.45) is 2.27. The second-order valence-electron chi connectivity index (χ2n) is 10.1. The van der Waals surface area contributed by atoms with E-state index in [0.717, 1.165) is 24.7 Å². The zero-order chi connectivity index (χ0) is 21.2. The van der Waals surface area contributed by atoms with Gasteiger partial charge in [-0.3, -0.25) is 0 Å². The van der Waals surface area contributed by atoms with Crippen LogP contribution in [0.4, 0.5) is 0 Å². The molecule has 0 spiro atoms. The van der Waals surface area contributed by atoms with Crippen LogP contribution in [0.15, 0.2) is 40.1 Å². The maximum atomic E-state index is 2.60. The monoisotopic (exact) mass is 396 g/mol. The van der Waals surface area contributed by atoms with Gasteiger partial charge in [0.25, 0.3) is 0 Å². The first-order valence-electron chi connectivity index (χ1n) is 11.6. The predicted molar refractivity (Wildman–Crippen MR) is 130 cm³/mol. The van der Waals surface area contributed by atoms with Crippen molar-refractivity contribution >= 4 is 13.3 Å². The molecule has 0 nitrogen and oxygen atoms in total. The average Bonchev–Trinajstić information content (AvgIpc) is 2.83. The van der Waals surface area contributed by atoms with E-state index in [9.17, 15) is 0 Å². The fourth-order valence-corrected chi connectivity index (χ4v) is 12.7. The molecule has 0 aliphatic heterocycles. The van der Waals surface area contributed by atoms with Crippen LogP contribution in [0.2, 0.25) is 12.1 Å². The first kappa shape index (κ1) is 23.2. The summed E-state index contributed by atoms with van der Waals surface area (Å²) in [5.74, 6) is 2.07. The van der Waals surface area contributed by atoms with Crippen LogP contribution in [0.25, 0.3) is 0 Å². The Morgan fingerprint density at radius 1 is 0.786 bits per heavy atom. The summed E-state index contributed by atoms with van der Waals surface area (Å²) in [4.78, 5) is 0. The summed E-state index contributed by atoms with van der Waals surface area (Å²) < 4.78 is 0. The molecule has 0 saturated heterocycles. The van der Waals surface area contributed by atoms with Crippen LogP contribution in [0.1, 0.15) is 80.4 Å². The second kappa shape index (κ2) is 9.16. The lowest BCUT2D eigenvalue weighted by Crippen LogP contribution is -2.53. The highest BCUT2D eigenvalue weighted by atomic mass is 28.3. The van der Waals surface area contributed by atoms with Gasteiger partial charge in [0, 0.05) is 0 Å². The fourth-order valence-electron chi connectivity index (χ4n) is 5.67. The van der Waals surface area contributed by atoms with Gasteiger partial charge < -0.3 is 0 Å². The van der Waals surface area contributed by atoms with Crippen LogP contribution in [0.5, 0.6) is 0 Å². The van der Waals surface area contributed by atoms with Crippen molar-refractivity contribution in [2.24, 2.45) is 17.8 Å². The average molecular weight is 397 g/mol. The Labute approximate surface area is 176 Å². The Balaban J connectivity index is 2.84. The van der Waals surface area contributed by atoms with Crippen LogP contribution < -0.4 is 5.19 Å². The summed E-state index contributed by atoms with van der Waals surface area (Å²) in [5, 5.41) is 3.56. The zero-order valence-electron chi connectivity index (χ0n) is 20.3. The first-order chi connectivity index (χ1) is 13.1. The molecular weight excluding hydrogens is 352 g/mol. The summed E-state index contributed by atoms with van der Waals surface area (Å²) in [7, 11) is -1.83. The molecule has 0 N–H and O–H groups in total. The third-order valence-corrected chi connectivity index (χ3v) is 13.4. The molecule has 2 rings (SSSR count). The topological polar surface area (TPSA) is 0 Å². The third-order valence-electron chi connectivity index (χ3n) is 7.09. The lowest BCUT2D eigenvalue weighted by molar-refractivity contribution is 0.678. The maximum absolute atomic E-state index is 2.60. The quantitative estimate of drug-likeness (QED) is 0.396. The van der Waals surface area contributed by atoms with Crippen molar-refractivity contribution in [2.75, 3.05) is 0 Å². The second-order valence-corrected chi connectivity index (χ2v) is 14.2. The van der Waals surface area contributed by atoms with Gasteiger partial charge in [0.15, 0.2) is 0 Å². The summed E-state index contributed by atoms with van der Waals surface area (Å²) >= 11 is 0. The lowest BCUT2D eigenvalue weighted by atomic mass is 10.1. The highest BCUT2D eigenvalue weighted by Gasteiger charge is 2.45. The number of benzene rings is 1. The minimum Gasteiger partial charge on any atom is -0.0657 e. The van der Waals surface area contributed by atoms with E-state index in [1.807, 2.05) is 5.20 Å². The van der Waals surface area contributed by atoms with Crippen molar-refractivity contribution in [1.29, 1.82) is 0 Å². The highest BCUT2D eigenvalue weighted by molar-refractivity contribution is 6.98. The number of rotatable bonds is 8. The van der Waals surface area contributed by atoms with Gasteiger partial charge in [-0.05, 0) is 80.2 Å². The number of hydrogen-bond acceptors (Lipinski definition) is 0. The van der Waals surface area contributed by atoms with Crippen LogP contribution in [-0.4, -0.2) is 8.07 Å². The molecule has 0 heterocycles. The Morgan fingerprint density at radius 2 is 1.25 bits per heavy atom. The van der Waals surface area contributed by atoms with Crippen molar-refractivity contribution in [3.05, 3.63) is 51.2 Å². The molecule has 1 aliphatic carbocycles. The van der Waals surface area contributed by atoms with Gasteiger partial charge in [-0.1, -0.05) is 88.2 Å². The lowest BCUT2D eigenvalue weighted by Gasteiger charge is -2.40. The van der Waals surface area contributed by atoms with E-state index in [2.05, 4.69) is 87.4 Å². The van der Waals surface area contributed by atoms with Gasteiger partial charge in [-0.15, -0.1) is 0 Å². The molecule has 0 saturated carbocycles. The predicted octanol–water partition coefficient (Wildman–Crippen LogP) is 7.62. The normalized spacial score (nSPS) is 18.2. The molecule has 1 heteroatoms. The van der Waals surface area contributed by atoms with E-state index in [1.54, 1.807) is 21.9 Å². The molecule has 0 fully saturated rings. The van der Waals surface area contributed by atoms with Gasteiger partial charge >= 0.3 is 0 Å². The van der Waals surface area contributed by atoms with E-state index >= 15 is 0 Å². The van der Waals surface area contributed by atoms with Crippen LogP contribution in [0.3, 0.4) is 0 Å². The smallest absolute Gasteiger partial charge is 0.0657 e. The Hall–Kier alpha value is -1.08. The van der Waals surface area contributed by atoms with Gasteiger partial charge in [-0.2, -0.15) is 0 Å². The summed E-state index contributed by atoms with van der Waals surface area (Å²) in [5.41, 5.74) is 7.86. The van der Waals surface area contributed by atoms with E-state index in [-0.39, 0.29) is 0 Å². The van der Waals surface area contributed by atoms with E-state index in [1.165, 1.54) is 23.2 Å². The molecular formula is C27H44Si. The van der Waals surface area contributed by atoms with Crippen molar-refractivity contribution in [3.63, 3.8) is 0 Å². The molecule has 28 heavy (non-hydrogen) atoms. The van der Waals surface area contributed by atoms with Crippen LogP contribution in [0, 0.1) is 17.8 Å². The Bertz CT molecular complexity index is 728. The third kappa shape index (κ3) is 4.40. The highest BCUT2D eigenvalue weighted by Crippen LogP contribution is 2.46. The first-order valence-corrected chi connectivity index (χ1v) is 14.0. The van der Waals surface area contributed by atoms with E-state index < -0.39 is 8.07 Å². The van der Waals surface area contributed by atoms with Crippen molar-refractivity contribution in [3.8, 4) is 0 Å². The molecule has 1 atom stereocenters. The standard InChI is InChI=1S/C27H44Si/c1-11-24-13-25(12-2)15-26(14-24)28(16-18(3)4,17-19(5)6)27-22(9)20(7)21(8)23(27)10/h13-15,18-19,22H,11-12,16-17H2,1-10H3. The molecule has 1 aromatic carbocycles. The number of hydrogen-bond donors (Lipinski definition) is 0. The van der Waals surface area contributed by atoms with Gasteiger partial charge in [0.2, 0.25) is 0 Å². The molecule has 1 aromatic rings. The van der Waals surface area contributed by atoms with Crippen molar-refractivity contribution < 1.29 is 0 Å². The molecule has 1 aliphatic rings. The number of allylic oxidation sites excluding steroid dienone is 4. The van der Waals surface area contributed by atoms with Gasteiger partial charge in [0.1, 0.15) is 8.07 Å². The van der Waals surface area contributed by atoms with E-state index in [0.29, 0.717) is 5.92 Å². The molecule has 156 valence electrons. The zero-order valence-corrected chi connectivity index (χ0v) is 21.3. The summed E-state index contributed by atoms with van der Waals surface area (Å²) in [6.45, 7) is 24.0. The maximum Gasteiger partial charge on any atom is 0.115 e. The Morgan fingerprint density at radius 3 is 1.57 bits per heavy atom. The molecule has 0 radical (unpaired) electrons. The molecule has 0 bridgehead atoms. The van der Waals surface area contributed by atoms with Gasteiger partial charge in [-0.25, -0.2) is 0 Å². The largest absolute Gasteiger partial charge is 0.115 e. The van der Waals surface area contributed by atoms with Gasteiger partial charge in [0.05, 0.1) is 0 Å². The summed E-state index contributed by atoms with van der Waals surface area (Å²) in [6, 6.07) is 10.4. The minimum absolute atomic E-state index is 0.611. The van der Waals surface area contributed by atoms with Crippen LogP contribution in [-0.2, 0) is 12.8 Å². The SMILES string of the molecule is CCc1cc(CC)cc([Si](CC(C)C)(CC(C)C)C2=C(C)C(C)=C(C)C2C)c1. The van der Waals surface area contributed by atoms with Crippen molar-refractivity contribution in [1.82, 2.24) is 0 Å². The molecule has 1 unspecified atom stereocenters. The molecule has 0 aromatic heterocycles. The van der Waals surface area contributed by atoms with Crippen molar-refractivity contribution in [2.45, 2.75) is 94.2 Å². The fraction of sp³-hybridized carbons (Fsp3) is 0.630.